The van der Waals surface area contributed by atoms with Gasteiger partial charge in [0.1, 0.15) is 11.5 Å². The Morgan fingerprint density at radius 3 is 2.42 bits per heavy atom. The third-order valence-electron chi connectivity index (χ3n) is 8.32. The van der Waals surface area contributed by atoms with Crippen LogP contribution in [-0.2, 0) is 9.47 Å². The molecule has 2 aliphatic heterocycles. The molecule has 1 saturated carbocycles. The van der Waals surface area contributed by atoms with Crippen LogP contribution in [0, 0.1) is 5.41 Å². The molecule has 0 bridgehead atoms. The summed E-state index contributed by atoms with van der Waals surface area (Å²) in [7, 11) is 0. The fourth-order valence-corrected chi connectivity index (χ4v) is 6.07. The topological polar surface area (TPSA) is 123 Å². The van der Waals surface area contributed by atoms with Gasteiger partial charge in [-0.25, -0.2) is 0 Å². The zero-order chi connectivity index (χ0) is 27.1. The molecular weight excluding hydrogens is 504 g/mol. The number of rotatable bonds is 9. The lowest BCUT2D eigenvalue weighted by atomic mass is 9.90. The van der Waals surface area contributed by atoms with E-state index in [0.29, 0.717) is 29.8 Å². The van der Waals surface area contributed by atoms with Gasteiger partial charge in [0.2, 0.25) is 5.95 Å². The van der Waals surface area contributed by atoms with Crippen LogP contribution >= 0.6 is 0 Å². The molecule has 6 rings (SSSR count). The van der Waals surface area contributed by atoms with Crippen LogP contribution in [0.5, 0.6) is 0 Å². The quantitative estimate of drug-likeness (QED) is 0.252. The Hall–Kier alpha value is -3.47. The van der Waals surface area contributed by atoms with Crippen LogP contribution in [0.2, 0.25) is 0 Å². The summed E-state index contributed by atoms with van der Waals surface area (Å²) in [4.78, 5) is 15.8. The lowest BCUT2D eigenvalue weighted by molar-refractivity contribution is 0.00791. The van der Waals surface area contributed by atoms with Gasteiger partial charge < -0.3 is 35.8 Å². The number of H-pyrrole nitrogens is 1. The van der Waals surface area contributed by atoms with E-state index in [1.54, 1.807) is 0 Å². The van der Waals surface area contributed by atoms with E-state index in [4.69, 9.17) is 24.9 Å². The molecule has 10 nitrogen and oxygen atoms in total. The number of morpholine rings is 1. The largest absolute Gasteiger partial charge is 0.386 e. The normalized spacial score (nSPS) is 23.1. The van der Waals surface area contributed by atoms with Gasteiger partial charge in [0.25, 0.3) is 0 Å². The standard InChI is InChI=1S/C30H40N8O2/c31-18-24(19-32-22-10-14-39-15-11-22)35-30-36-28-27(26(20-33-28)21-4-2-1-3-5-21)29(37-30)34-23-6-8-25(9-7-23)38-12-16-40-17-13-38/h1-5,18-20,22-23,25,31-32H,6-17H2,(H3,33,34,35,36,37)/b24-19+,31-18?/t23-,25-. The van der Waals surface area contributed by atoms with Crippen molar-refractivity contribution in [2.75, 3.05) is 50.2 Å². The van der Waals surface area contributed by atoms with Gasteiger partial charge in [0.15, 0.2) is 0 Å². The van der Waals surface area contributed by atoms with Crippen LogP contribution in [-0.4, -0.2) is 83.7 Å². The molecule has 2 saturated heterocycles. The van der Waals surface area contributed by atoms with Gasteiger partial charge in [0, 0.05) is 68.6 Å². The molecule has 5 N–H and O–H groups in total. The first-order chi connectivity index (χ1) is 19.8. The number of hydrogen-bond acceptors (Lipinski definition) is 9. The number of nitrogens with one attached hydrogen (secondary N) is 5. The van der Waals surface area contributed by atoms with Crippen molar-refractivity contribution in [2.45, 2.75) is 56.7 Å². The summed E-state index contributed by atoms with van der Waals surface area (Å²) in [5.74, 6) is 1.28. The lowest BCUT2D eigenvalue weighted by Crippen LogP contribution is -2.46. The van der Waals surface area contributed by atoms with Gasteiger partial charge in [-0.1, -0.05) is 30.3 Å². The summed E-state index contributed by atoms with van der Waals surface area (Å²) in [6.45, 7) is 5.30. The van der Waals surface area contributed by atoms with Crippen LogP contribution in [0.4, 0.5) is 11.8 Å². The molecule has 40 heavy (non-hydrogen) atoms. The number of aromatic amines is 1. The molecule has 10 heteroatoms. The first-order valence-corrected chi connectivity index (χ1v) is 14.6. The van der Waals surface area contributed by atoms with Crippen molar-refractivity contribution in [3.63, 3.8) is 0 Å². The molecule has 4 heterocycles. The van der Waals surface area contributed by atoms with E-state index in [1.165, 1.54) is 19.1 Å². The summed E-state index contributed by atoms with van der Waals surface area (Å²) >= 11 is 0. The van der Waals surface area contributed by atoms with Crippen molar-refractivity contribution in [1.29, 1.82) is 5.41 Å². The Bertz CT molecular complexity index is 1290. The summed E-state index contributed by atoms with van der Waals surface area (Å²) in [5, 5.41) is 19.4. The average Bonchev–Trinajstić information content (AvgIpc) is 3.45. The van der Waals surface area contributed by atoms with Crippen molar-refractivity contribution in [3.05, 3.63) is 48.4 Å². The van der Waals surface area contributed by atoms with Gasteiger partial charge in [-0.3, -0.25) is 4.90 Å². The monoisotopic (exact) mass is 544 g/mol. The molecule has 0 spiro atoms. The maximum Gasteiger partial charge on any atom is 0.231 e. The van der Waals surface area contributed by atoms with E-state index in [2.05, 4.69) is 50.1 Å². The summed E-state index contributed by atoms with van der Waals surface area (Å²) < 4.78 is 11.0. The predicted molar refractivity (Wildman–Crippen MR) is 159 cm³/mol. The molecule has 212 valence electrons. The van der Waals surface area contributed by atoms with Gasteiger partial charge in [-0.05, 0) is 44.1 Å². The van der Waals surface area contributed by atoms with Crippen molar-refractivity contribution < 1.29 is 9.47 Å². The van der Waals surface area contributed by atoms with Crippen molar-refractivity contribution in [2.24, 2.45) is 0 Å². The number of fused-ring (bicyclic) bond motifs is 1. The first kappa shape index (κ1) is 26.7. The predicted octanol–water partition coefficient (Wildman–Crippen LogP) is 4.35. The average molecular weight is 545 g/mol. The van der Waals surface area contributed by atoms with Crippen molar-refractivity contribution >= 4 is 29.0 Å². The molecule has 3 aromatic rings. The summed E-state index contributed by atoms with van der Waals surface area (Å²) in [5.41, 5.74) is 3.58. The number of benzene rings is 1. The molecule has 0 amide bonds. The molecule has 3 aliphatic rings. The Kier molecular flexibility index (Phi) is 8.56. The zero-order valence-corrected chi connectivity index (χ0v) is 23.0. The molecule has 3 fully saturated rings. The number of hydrogen-bond donors (Lipinski definition) is 5. The zero-order valence-electron chi connectivity index (χ0n) is 23.0. The fourth-order valence-electron chi connectivity index (χ4n) is 6.07. The summed E-state index contributed by atoms with van der Waals surface area (Å²) in [6, 6.07) is 11.7. The third kappa shape index (κ3) is 6.29. The molecule has 0 unspecified atom stereocenters. The Morgan fingerprint density at radius 2 is 1.68 bits per heavy atom. The van der Waals surface area contributed by atoms with Crippen molar-refractivity contribution in [1.82, 2.24) is 25.2 Å². The van der Waals surface area contributed by atoms with Gasteiger partial charge in [-0.15, -0.1) is 0 Å². The second kappa shape index (κ2) is 12.8. The number of aromatic nitrogens is 3. The highest BCUT2D eigenvalue weighted by Gasteiger charge is 2.28. The minimum absolute atomic E-state index is 0.342. The first-order valence-electron chi connectivity index (χ1n) is 14.6. The van der Waals surface area contributed by atoms with E-state index < -0.39 is 0 Å². The molecular formula is C30H40N8O2. The maximum atomic E-state index is 7.96. The second-order valence-corrected chi connectivity index (χ2v) is 10.9. The molecule has 1 aliphatic carbocycles. The summed E-state index contributed by atoms with van der Waals surface area (Å²) in [6.07, 6.45) is 11.6. The Morgan fingerprint density at radius 1 is 0.925 bits per heavy atom. The highest BCUT2D eigenvalue weighted by Crippen LogP contribution is 2.35. The molecule has 2 aromatic heterocycles. The van der Waals surface area contributed by atoms with E-state index in [1.807, 2.05) is 18.5 Å². The smallest absolute Gasteiger partial charge is 0.231 e. The molecule has 0 atom stereocenters. The minimum atomic E-state index is 0.342. The minimum Gasteiger partial charge on any atom is -0.386 e. The van der Waals surface area contributed by atoms with Crippen LogP contribution in [0.1, 0.15) is 38.5 Å². The van der Waals surface area contributed by atoms with E-state index >= 15 is 0 Å². The number of anilines is 2. The Balaban J connectivity index is 1.23. The number of nitrogens with zero attached hydrogens (tertiary/aromatic N) is 3. The second-order valence-electron chi connectivity index (χ2n) is 10.9. The van der Waals surface area contributed by atoms with Crippen LogP contribution in [0.15, 0.2) is 48.4 Å². The highest BCUT2D eigenvalue weighted by atomic mass is 16.5. The Labute approximate surface area is 235 Å². The number of ether oxygens (including phenoxy) is 2. The van der Waals surface area contributed by atoms with Gasteiger partial charge in [-0.2, -0.15) is 9.97 Å². The van der Waals surface area contributed by atoms with E-state index in [9.17, 15) is 0 Å². The molecule has 1 aromatic carbocycles. The van der Waals surface area contributed by atoms with E-state index in [0.717, 1.165) is 93.2 Å². The van der Waals surface area contributed by atoms with Crippen molar-refractivity contribution in [3.8, 4) is 11.1 Å². The third-order valence-corrected chi connectivity index (χ3v) is 8.32. The van der Waals surface area contributed by atoms with Crippen LogP contribution in [0.25, 0.3) is 22.2 Å². The highest BCUT2D eigenvalue weighted by molar-refractivity contribution is 6.01. The number of allylic oxidation sites excluding steroid dienone is 1. The fraction of sp³-hybridized carbons (Fsp3) is 0.500. The van der Waals surface area contributed by atoms with Crippen LogP contribution in [0.3, 0.4) is 0 Å². The van der Waals surface area contributed by atoms with Gasteiger partial charge in [0.05, 0.1) is 24.3 Å². The SMILES string of the molecule is N=C/C(=C\NC1CCOCC1)Nc1nc(N[C@H]2CC[C@H](N3CCOCC3)CC2)c2c(-c3ccccc3)c[nH]c2n1. The maximum absolute atomic E-state index is 7.96. The van der Waals surface area contributed by atoms with Crippen LogP contribution < -0.4 is 16.0 Å². The van der Waals surface area contributed by atoms with Gasteiger partial charge >= 0.3 is 0 Å². The lowest BCUT2D eigenvalue weighted by Gasteiger charge is -2.39. The molecule has 0 radical (unpaired) electrons. The van der Waals surface area contributed by atoms with E-state index in [-0.39, 0.29) is 0 Å².